The third kappa shape index (κ3) is 2.71. The van der Waals surface area contributed by atoms with E-state index in [1.165, 1.54) is 13.2 Å². The minimum absolute atomic E-state index is 0.0804. The van der Waals surface area contributed by atoms with E-state index in [0.29, 0.717) is 10.8 Å². The van der Waals surface area contributed by atoms with Crippen molar-refractivity contribution in [2.45, 2.75) is 12.5 Å². The lowest BCUT2D eigenvalue weighted by Gasteiger charge is -2.10. The summed E-state index contributed by atoms with van der Waals surface area (Å²) in [6, 6.07) is 6.92. The molecule has 1 aliphatic rings. The van der Waals surface area contributed by atoms with Crippen LogP contribution in [-0.2, 0) is 19.1 Å². The summed E-state index contributed by atoms with van der Waals surface area (Å²) >= 11 is 5.77. The fraction of sp³-hybridized carbons (Fsp3) is 0.231. The van der Waals surface area contributed by atoms with E-state index in [0.717, 1.165) is 5.56 Å². The van der Waals surface area contributed by atoms with Crippen LogP contribution in [0.5, 0.6) is 0 Å². The maximum atomic E-state index is 11.6. The van der Waals surface area contributed by atoms with Gasteiger partial charge >= 0.3 is 5.97 Å². The number of hydrogen-bond acceptors (Lipinski definition) is 4. The lowest BCUT2D eigenvalue weighted by atomic mass is 10.1. The summed E-state index contributed by atoms with van der Waals surface area (Å²) in [4.78, 5) is 22.7. The lowest BCUT2D eigenvalue weighted by Crippen LogP contribution is -2.21. The zero-order valence-electron chi connectivity index (χ0n) is 9.68. The van der Waals surface area contributed by atoms with E-state index in [9.17, 15) is 9.59 Å². The number of ketones is 1. The normalized spacial score (nSPS) is 18.2. The molecule has 0 radical (unpaired) electrons. The van der Waals surface area contributed by atoms with E-state index in [4.69, 9.17) is 16.3 Å². The van der Waals surface area contributed by atoms with Gasteiger partial charge in [-0.25, -0.2) is 0 Å². The van der Waals surface area contributed by atoms with Crippen LogP contribution in [0.3, 0.4) is 0 Å². The topological polar surface area (TPSA) is 52.6 Å². The SMILES string of the molecule is COC(=O)CC1OC(c2ccc(Cl)cc2)=CC1=O. The maximum Gasteiger partial charge on any atom is 0.309 e. The van der Waals surface area contributed by atoms with Crippen molar-refractivity contribution in [2.75, 3.05) is 7.11 Å². The number of methoxy groups -OCH3 is 1. The van der Waals surface area contributed by atoms with Crippen LogP contribution < -0.4 is 0 Å². The van der Waals surface area contributed by atoms with Gasteiger partial charge in [-0.1, -0.05) is 11.6 Å². The van der Waals surface area contributed by atoms with Crippen molar-refractivity contribution in [3.63, 3.8) is 0 Å². The standard InChI is InChI=1S/C13H11ClO4/c1-17-13(16)7-12-10(15)6-11(18-12)8-2-4-9(14)5-3-8/h2-6,12H,7H2,1H3. The van der Waals surface area contributed by atoms with Crippen LogP contribution >= 0.6 is 11.6 Å². The largest absolute Gasteiger partial charge is 0.481 e. The fourth-order valence-corrected chi connectivity index (χ4v) is 1.74. The van der Waals surface area contributed by atoms with Crippen molar-refractivity contribution < 1.29 is 19.1 Å². The van der Waals surface area contributed by atoms with Gasteiger partial charge in [-0.05, 0) is 24.3 Å². The Hall–Kier alpha value is -1.81. The molecule has 1 unspecified atom stereocenters. The van der Waals surface area contributed by atoms with Crippen molar-refractivity contribution in [2.24, 2.45) is 0 Å². The molecular formula is C13H11ClO4. The number of benzene rings is 1. The first kappa shape index (κ1) is 12.6. The molecular weight excluding hydrogens is 256 g/mol. The van der Waals surface area contributed by atoms with E-state index in [1.54, 1.807) is 24.3 Å². The third-order valence-electron chi connectivity index (χ3n) is 2.57. The van der Waals surface area contributed by atoms with Gasteiger partial charge in [0, 0.05) is 16.7 Å². The Labute approximate surface area is 109 Å². The molecule has 0 N–H and O–H groups in total. The summed E-state index contributed by atoms with van der Waals surface area (Å²) in [5, 5.41) is 0.606. The molecule has 2 rings (SSSR count). The highest BCUT2D eigenvalue weighted by atomic mass is 35.5. The van der Waals surface area contributed by atoms with Crippen molar-refractivity contribution >= 4 is 29.1 Å². The molecule has 4 nitrogen and oxygen atoms in total. The molecule has 1 aromatic carbocycles. The van der Waals surface area contributed by atoms with Crippen molar-refractivity contribution in [1.82, 2.24) is 0 Å². The van der Waals surface area contributed by atoms with E-state index in [2.05, 4.69) is 4.74 Å². The minimum Gasteiger partial charge on any atom is -0.481 e. The molecule has 5 heteroatoms. The molecule has 1 aromatic rings. The molecule has 0 fully saturated rings. The summed E-state index contributed by atoms with van der Waals surface area (Å²) in [6.45, 7) is 0. The van der Waals surface area contributed by atoms with Crippen molar-refractivity contribution in [3.05, 3.63) is 40.9 Å². The molecule has 1 heterocycles. The maximum absolute atomic E-state index is 11.6. The van der Waals surface area contributed by atoms with Crippen LogP contribution in [0.25, 0.3) is 5.76 Å². The second-order valence-corrected chi connectivity index (χ2v) is 4.24. The van der Waals surface area contributed by atoms with Crippen LogP contribution in [0.15, 0.2) is 30.3 Å². The molecule has 0 amide bonds. The Morgan fingerprint density at radius 2 is 2.06 bits per heavy atom. The van der Waals surface area contributed by atoms with Gasteiger partial charge in [-0.3, -0.25) is 9.59 Å². The Kier molecular flexibility index (Phi) is 3.67. The van der Waals surface area contributed by atoms with Gasteiger partial charge in [0.25, 0.3) is 0 Å². The summed E-state index contributed by atoms with van der Waals surface area (Å²) in [7, 11) is 1.27. The van der Waals surface area contributed by atoms with Gasteiger partial charge in [-0.2, -0.15) is 0 Å². The van der Waals surface area contributed by atoms with E-state index < -0.39 is 12.1 Å². The minimum atomic E-state index is -0.789. The number of rotatable bonds is 3. The summed E-state index contributed by atoms with van der Waals surface area (Å²) in [6.07, 6.45) is 0.517. The molecule has 0 aromatic heterocycles. The molecule has 1 atom stereocenters. The Bertz CT molecular complexity index is 504. The quantitative estimate of drug-likeness (QED) is 0.787. The number of esters is 1. The average Bonchev–Trinajstić information content (AvgIpc) is 2.71. The molecule has 0 aliphatic carbocycles. The van der Waals surface area contributed by atoms with E-state index >= 15 is 0 Å². The highest BCUT2D eigenvalue weighted by molar-refractivity contribution is 6.30. The molecule has 0 bridgehead atoms. The zero-order valence-corrected chi connectivity index (χ0v) is 10.4. The monoisotopic (exact) mass is 266 g/mol. The molecule has 18 heavy (non-hydrogen) atoms. The first-order valence-electron chi connectivity index (χ1n) is 5.35. The summed E-state index contributed by atoms with van der Waals surface area (Å²) < 4.78 is 9.95. The van der Waals surface area contributed by atoms with Crippen LogP contribution in [0, 0.1) is 0 Å². The van der Waals surface area contributed by atoms with Gasteiger partial charge in [-0.15, -0.1) is 0 Å². The van der Waals surface area contributed by atoms with Crippen LogP contribution in [-0.4, -0.2) is 25.0 Å². The van der Waals surface area contributed by atoms with Crippen LogP contribution in [0.2, 0.25) is 5.02 Å². The van der Waals surface area contributed by atoms with E-state index in [-0.39, 0.29) is 12.2 Å². The number of carbonyl (C=O) groups is 2. The van der Waals surface area contributed by atoms with Crippen LogP contribution in [0.4, 0.5) is 0 Å². The fourth-order valence-electron chi connectivity index (χ4n) is 1.61. The molecule has 94 valence electrons. The summed E-state index contributed by atoms with van der Waals surface area (Å²) in [5.41, 5.74) is 0.750. The first-order valence-corrected chi connectivity index (χ1v) is 5.73. The average molecular weight is 267 g/mol. The number of hydrogen-bond donors (Lipinski definition) is 0. The van der Waals surface area contributed by atoms with Gasteiger partial charge in [0.05, 0.1) is 13.5 Å². The van der Waals surface area contributed by atoms with Gasteiger partial charge < -0.3 is 9.47 Å². The zero-order chi connectivity index (χ0) is 13.1. The van der Waals surface area contributed by atoms with Crippen LogP contribution in [0.1, 0.15) is 12.0 Å². The Balaban J connectivity index is 2.09. The number of ether oxygens (including phenoxy) is 2. The number of carbonyl (C=O) groups excluding carboxylic acids is 2. The van der Waals surface area contributed by atoms with Crippen molar-refractivity contribution in [1.29, 1.82) is 0 Å². The first-order chi connectivity index (χ1) is 8.60. The lowest BCUT2D eigenvalue weighted by molar-refractivity contribution is -0.144. The molecule has 1 aliphatic heterocycles. The summed E-state index contributed by atoms with van der Waals surface area (Å²) in [5.74, 6) is -0.255. The highest BCUT2D eigenvalue weighted by Gasteiger charge is 2.30. The predicted molar refractivity (Wildman–Crippen MR) is 65.9 cm³/mol. The van der Waals surface area contributed by atoms with Gasteiger partial charge in [0.2, 0.25) is 0 Å². The third-order valence-corrected chi connectivity index (χ3v) is 2.82. The van der Waals surface area contributed by atoms with E-state index in [1.807, 2.05) is 0 Å². The predicted octanol–water partition coefficient (Wildman–Crippen LogP) is 2.21. The second kappa shape index (κ2) is 5.23. The Morgan fingerprint density at radius 3 is 2.67 bits per heavy atom. The Morgan fingerprint density at radius 1 is 1.39 bits per heavy atom. The van der Waals surface area contributed by atoms with Gasteiger partial charge in [0.1, 0.15) is 5.76 Å². The molecule has 0 saturated carbocycles. The van der Waals surface area contributed by atoms with Gasteiger partial charge in [0.15, 0.2) is 11.9 Å². The molecule has 0 saturated heterocycles. The van der Waals surface area contributed by atoms with Crippen molar-refractivity contribution in [3.8, 4) is 0 Å². The second-order valence-electron chi connectivity index (χ2n) is 3.80. The highest BCUT2D eigenvalue weighted by Crippen LogP contribution is 2.26. The smallest absolute Gasteiger partial charge is 0.309 e. The molecule has 0 spiro atoms. The number of halogens is 1.